The van der Waals surface area contributed by atoms with Gasteiger partial charge in [0.05, 0.1) is 17.1 Å². The molecule has 1 aliphatic heterocycles. The molecule has 0 radical (unpaired) electrons. The van der Waals surface area contributed by atoms with E-state index in [4.69, 9.17) is 11.6 Å². The summed E-state index contributed by atoms with van der Waals surface area (Å²) in [5.41, 5.74) is 3.90. The van der Waals surface area contributed by atoms with Crippen molar-refractivity contribution in [3.63, 3.8) is 0 Å². The molecule has 0 saturated carbocycles. The highest BCUT2D eigenvalue weighted by Crippen LogP contribution is 2.30. The second-order valence-electron chi connectivity index (χ2n) is 8.46. The molecule has 1 fully saturated rings. The molecule has 0 unspecified atom stereocenters. The number of likely N-dealkylation sites (N-methyl/N-ethyl adjacent to an activating group) is 1. The first-order chi connectivity index (χ1) is 16.0. The molecule has 3 heterocycles. The van der Waals surface area contributed by atoms with E-state index < -0.39 is 0 Å². The van der Waals surface area contributed by atoms with Gasteiger partial charge in [-0.25, -0.2) is 0 Å². The monoisotopic (exact) mass is 479 g/mol. The molecule has 0 bridgehead atoms. The third kappa shape index (κ3) is 4.62. The number of nitrogens with zero attached hydrogens (tertiary/aromatic N) is 4. The molecule has 1 aliphatic rings. The summed E-state index contributed by atoms with van der Waals surface area (Å²) in [5.74, 6) is -0.104. The average molecular weight is 480 g/mol. The number of anilines is 2. The summed E-state index contributed by atoms with van der Waals surface area (Å²) in [7, 11) is 2.15. The first kappa shape index (κ1) is 21.9. The fourth-order valence-corrected chi connectivity index (χ4v) is 5.38. The molecule has 170 valence electrons. The Hall–Kier alpha value is -2.87. The Bertz CT molecular complexity index is 1290. The minimum absolute atomic E-state index is 0.104. The van der Waals surface area contributed by atoms with Gasteiger partial charge in [-0.2, -0.15) is 5.10 Å². The minimum atomic E-state index is -0.104. The van der Waals surface area contributed by atoms with Crippen molar-refractivity contribution in [1.29, 1.82) is 0 Å². The molecule has 1 amide bonds. The van der Waals surface area contributed by atoms with Crippen molar-refractivity contribution in [2.24, 2.45) is 0 Å². The number of aryl methyl sites for hydroxylation is 1. The van der Waals surface area contributed by atoms with E-state index in [-0.39, 0.29) is 5.91 Å². The molecule has 2 aromatic heterocycles. The van der Waals surface area contributed by atoms with Gasteiger partial charge in [-0.15, -0.1) is 11.3 Å². The van der Waals surface area contributed by atoms with E-state index in [0.29, 0.717) is 16.4 Å². The summed E-state index contributed by atoms with van der Waals surface area (Å²) in [6.07, 6.45) is 0. The highest BCUT2D eigenvalue weighted by Gasteiger charge is 2.18. The topological polar surface area (TPSA) is 53.4 Å². The molecule has 2 aromatic carbocycles. The minimum Gasteiger partial charge on any atom is -0.369 e. The second kappa shape index (κ2) is 9.17. The number of benzene rings is 2. The van der Waals surface area contributed by atoms with E-state index >= 15 is 0 Å². The molecular weight excluding hydrogens is 454 g/mol. The Morgan fingerprint density at radius 3 is 2.55 bits per heavy atom. The maximum atomic E-state index is 13.0. The van der Waals surface area contributed by atoms with Crippen LogP contribution in [0.1, 0.15) is 20.9 Å². The van der Waals surface area contributed by atoms with Crippen LogP contribution in [-0.4, -0.2) is 53.8 Å². The lowest BCUT2D eigenvalue weighted by molar-refractivity contribution is 0.103. The van der Waals surface area contributed by atoms with Crippen LogP contribution in [0.15, 0.2) is 54.6 Å². The maximum Gasteiger partial charge on any atom is 0.265 e. The first-order valence-electron chi connectivity index (χ1n) is 11.0. The van der Waals surface area contributed by atoms with Crippen LogP contribution in [0.3, 0.4) is 0 Å². The number of carbonyl (C=O) groups excluding carboxylic acids is 1. The predicted octanol–water partition coefficient (Wildman–Crippen LogP) is 5.11. The van der Waals surface area contributed by atoms with Gasteiger partial charge >= 0.3 is 0 Å². The Labute approximate surface area is 202 Å². The van der Waals surface area contributed by atoms with Crippen LogP contribution in [0.2, 0.25) is 5.02 Å². The molecule has 5 rings (SSSR count). The third-order valence-corrected chi connectivity index (χ3v) is 7.62. The van der Waals surface area contributed by atoms with Gasteiger partial charge in [-0.3, -0.25) is 9.48 Å². The number of hydrogen-bond acceptors (Lipinski definition) is 5. The summed E-state index contributed by atoms with van der Waals surface area (Å²) >= 11 is 7.79. The van der Waals surface area contributed by atoms with Crippen LogP contribution >= 0.6 is 22.9 Å². The SMILES string of the molecule is Cc1nn(Cc2ccccc2Cl)c2sc(C(=O)Nc3ccc(N4CCN(C)CC4)cc3)cc12. The van der Waals surface area contributed by atoms with Gasteiger partial charge in [-0.1, -0.05) is 29.8 Å². The number of thiophene rings is 1. The summed E-state index contributed by atoms with van der Waals surface area (Å²) < 4.78 is 1.93. The van der Waals surface area contributed by atoms with Crippen molar-refractivity contribution >= 4 is 50.4 Å². The number of rotatable bonds is 5. The second-order valence-corrected chi connectivity index (χ2v) is 9.89. The highest BCUT2D eigenvalue weighted by atomic mass is 35.5. The van der Waals surface area contributed by atoms with Gasteiger partial charge in [-0.05, 0) is 55.9 Å². The average Bonchev–Trinajstić information content (AvgIpc) is 3.38. The lowest BCUT2D eigenvalue weighted by Crippen LogP contribution is -2.44. The molecule has 0 atom stereocenters. The van der Waals surface area contributed by atoms with Crippen LogP contribution in [0, 0.1) is 6.92 Å². The fourth-order valence-electron chi connectivity index (χ4n) is 4.13. The lowest BCUT2D eigenvalue weighted by Gasteiger charge is -2.34. The molecule has 0 spiro atoms. The van der Waals surface area contributed by atoms with Gasteiger partial charge < -0.3 is 15.1 Å². The highest BCUT2D eigenvalue weighted by molar-refractivity contribution is 7.20. The van der Waals surface area contributed by atoms with Crippen molar-refractivity contribution in [1.82, 2.24) is 14.7 Å². The molecular formula is C25H26ClN5OS. The zero-order valence-corrected chi connectivity index (χ0v) is 20.3. The molecule has 6 nitrogen and oxygen atoms in total. The quantitative estimate of drug-likeness (QED) is 0.432. The van der Waals surface area contributed by atoms with Crippen molar-refractivity contribution in [2.45, 2.75) is 13.5 Å². The number of piperazine rings is 1. The van der Waals surface area contributed by atoms with Gasteiger partial charge in [0.25, 0.3) is 5.91 Å². The van der Waals surface area contributed by atoms with Gasteiger partial charge in [0.2, 0.25) is 0 Å². The Kier molecular flexibility index (Phi) is 6.10. The predicted molar refractivity (Wildman–Crippen MR) is 137 cm³/mol. The fraction of sp³-hybridized carbons (Fsp3) is 0.280. The van der Waals surface area contributed by atoms with Crippen molar-refractivity contribution in [2.75, 3.05) is 43.4 Å². The smallest absolute Gasteiger partial charge is 0.265 e. The Morgan fingerprint density at radius 1 is 1.09 bits per heavy atom. The molecule has 4 aromatic rings. The summed E-state index contributed by atoms with van der Waals surface area (Å²) in [6, 6.07) is 17.8. The number of fused-ring (bicyclic) bond motifs is 1. The number of halogens is 1. The van der Waals surface area contributed by atoms with Crippen molar-refractivity contribution in [3.8, 4) is 0 Å². The van der Waals surface area contributed by atoms with Gasteiger partial charge in [0, 0.05) is 48.0 Å². The van der Waals surface area contributed by atoms with E-state index in [1.54, 1.807) is 0 Å². The van der Waals surface area contributed by atoms with Crippen molar-refractivity contribution < 1.29 is 4.79 Å². The van der Waals surface area contributed by atoms with Crippen LogP contribution in [0.5, 0.6) is 0 Å². The first-order valence-corrected chi connectivity index (χ1v) is 12.2. The molecule has 1 saturated heterocycles. The number of hydrogen-bond donors (Lipinski definition) is 1. The number of aromatic nitrogens is 2. The van der Waals surface area contributed by atoms with E-state index in [9.17, 15) is 4.79 Å². The molecule has 0 aliphatic carbocycles. The number of carbonyl (C=O) groups is 1. The van der Waals surface area contributed by atoms with E-state index in [0.717, 1.165) is 53.3 Å². The summed E-state index contributed by atoms with van der Waals surface area (Å²) in [4.78, 5) is 19.3. The molecule has 1 N–H and O–H groups in total. The normalized spacial score (nSPS) is 14.7. The Morgan fingerprint density at radius 2 is 1.82 bits per heavy atom. The van der Waals surface area contributed by atoms with Crippen LogP contribution < -0.4 is 10.2 Å². The molecule has 8 heteroatoms. The number of amides is 1. The van der Waals surface area contributed by atoms with Crippen molar-refractivity contribution in [3.05, 3.63) is 75.8 Å². The third-order valence-electron chi connectivity index (χ3n) is 6.10. The zero-order valence-electron chi connectivity index (χ0n) is 18.7. The van der Waals surface area contributed by atoms with Crippen LogP contribution in [0.25, 0.3) is 10.2 Å². The number of nitrogens with one attached hydrogen (secondary N) is 1. The standard InChI is InChI=1S/C25H26ClN5OS/c1-17-21-15-23(33-25(21)31(28-17)16-18-5-3-4-6-22(18)26)24(32)27-19-7-9-20(10-8-19)30-13-11-29(2)12-14-30/h3-10,15H,11-14,16H2,1-2H3,(H,27,32). The van der Waals surface area contributed by atoms with Gasteiger partial charge in [0.1, 0.15) is 4.83 Å². The van der Waals surface area contributed by atoms with E-state index in [1.165, 1.54) is 17.0 Å². The van der Waals surface area contributed by atoms with Crippen LogP contribution in [-0.2, 0) is 6.54 Å². The van der Waals surface area contributed by atoms with E-state index in [1.807, 2.05) is 54.1 Å². The van der Waals surface area contributed by atoms with Gasteiger partial charge in [0.15, 0.2) is 0 Å². The van der Waals surface area contributed by atoms with E-state index in [2.05, 4.69) is 39.4 Å². The Balaban J connectivity index is 1.31. The largest absolute Gasteiger partial charge is 0.369 e. The summed E-state index contributed by atoms with van der Waals surface area (Å²) in [6.45, 7) is 6.72. The molecule has 33 heavy (non-hydrogen) atoms. The lowest BCUT2D eigenvalue weighted by atomic mass is 10.2. The summed E-state index contributed by atoms with van der Waals surface area (Å²) in [5, 5.41) is 9.41. The van der Waals surface area contributed by atoms with Crippen LogP contribution in [0.4, 0.5) is 11.4 Å². The maximum absolute atomic E-state index is 13.0. The zero-order chi connectivity index (χ0) is 22.9.